The lowest BCUT2D eigenvalue weighted by Crippen LogP contribution is -2.44. The van der Waals surface area contributed by atoms with Crippen molar-refractivity contribution in [3.8, 4) is 0 Å². The molecular formula is C14H22ClN3O. The molecule has 4 nitrogen and oxygen atoms in total. The van der Waals surface area contributed by atoms with Gasteiger partial charge in [-0.1, -0.05) is 18.5 Å². The molecule has 5 heteroatoms. The number of carbonyl (C=O) groups is 1. The fourth-order valence-corrected chi connectivity index (χ4v) is 2.90. The highest BCUT2D eigenvalue weighted by Crippen LogP contribution is 2.30. The van der Waals surface area contributed by atoms with E-state index in [4.69, 9.17) is 11.6 Å². The lowest BCUT2D eigenvalue weighted by molar-refractivity contribution is -0.128. The van der Waals surface area contributed by atoms with Crippen LogP contribution in [0.4, 0.5) is 0 Å². The summed E-state index contributed by atoms with van der Waals surface area (Å²) in [7, 11) is 0. The van der Waals surface area contributed by atoms with Crippen LogP contribution < -0.4 is 5.32 Å². The van der Waals surface area contributed by atoms with Crippen molar-refractivity contribution < 1.29 is 4.79 Å². The summed E-state index contributed by atoms with van der Waals surface area (Å²) < 4.78 is 1.84. The van der Waals surface area contributed by atoms with Gasteiger partial charge >= 0.3 is 0 Å². The van der Waals surface area contributed by atoms with Gasteiger partial charge in [-0.3, -0.25) is 9.48 Å². The molecule has 1 aliphatic heterocycles. The number of nitrogens with one attached hydrogen (secondary N) is 1. The number of carbonyl (C=O) groups excluding carboxylic acids is 1. The van der Waals surface area contributed by atoms with Gasteiger partial charge in [0.25, 0.3) is 0 Å². The fourth-order valence-electron chi connectivity index (χ4n) is 2.70. The van der Waals surface area contributed by atoms with Gasteiger partial charge in [0, 0.05) is 18.5 Å². The van der Waals surface area contributed by atoms with E-state index in [2.05, 4.69) is 17.3 Å². The van der Waals surface area contributed by atoms with Crippen LogP contribution in [0.3, 0.4) is 0 Å². The Balaban J connectivity index is 2.18. The average Bonchev–Trinajstić information content (AvgIpc) is 2.67. The number of rotatable bonds is 4. The molecule has 1 fully saturated rings. The Labute approximate surface area is 119 Å². The lowest BCUT2D eigenvalue weighted by Gasteiger charge is -2.32. The molecule has 0 amide bonds. The molecule has 2 heterocycles. The molecule has 0 spiro atoms. The molecule has 0 aliphatic carbocycles. The maximum absolute atomic E-state index is 12.6. The van der Waals surface area contributed by atoms with Crippen molar-refractivity contribution in [3.05, 3.63) is 16.4 Å². The first kappa shape index (κ1) is 14.5. The van der Waals surface area contributed by atoms with Gasteiger partial charge in [0.05, 0.1) is 22.8 Å². The number of ketones is 1. The van der Waals surface area contributed by atoms with Crippen molar-refractivity contribution in [1.82, 2.24) is 15.1 Å². The number of aromatic nitrogens is 2. The quantitative estimate of drug-likeness (QED) is 0.923. The topological polar surface area (TPSA) is 46.9 Å². The Morgan fingerprint density at radius 3 is 2.89 bits per heavy atom. The van der Waals surface area contributed by atoms with Crippen molar-refractivity contribution in [3.63, 3.8) is 0 Å². The number of nitrogens with zero attached hydrogens (tertiary/aromatic N) is 2. The van der Waals surface area contributed by atoms with E-state index in [0.29, 0.717) is 11.4 Å². The van der Waals surface area contributed by atoms with Crippen molar-refractivity contribution in [2.75, 3.05) is 13.1 Å². The van der Waals surface area contributed by atoms with Gasteiger partial charge in [0.15, 0.2) is 0 Å². The molecular weight excluding hydrogens is 262 g/mol. The average molecular weight is 284 g/mol. The molecule has 0 radical (unpaired) electrons. The van der Waals surface area contributed by atoms with E-state index in [1.165, 1.54) is 0 Å². The molecule has 0 bridgehead atoms. The first-order valence-electron chi connectivity index (χ1n) is 6.93. The third-order valence-electron chi connectivity index (χ3n) is 4.05. The Morgan fingerprint density at radius 2 is 2.32 bits per heavy atom. The van der Waals surface area contributed by atoms with Gasteiger partial charge in [-0.25, -0.2) is 0 Å². The monoisotopic (exact) mass is 283 g/mol. The first-order valence-corrected chi connectivity index (χ1v) is 7.31. The molecule has 2 rings (SSSR count). The summed E-state index contributed by atoms with van der Waals surface area (Å²) in [5.74, 6) is 0.260. The van der Waals surface area contributed by atoms with E-state index in [-0.39, 0.29) is 11.2 Å². The van der Waals surface area contributed by atoms with Crippen LogP contribution in [0.15, 0.2) is 0 Å². The van der Waals surface area contributed by atoms with Gasteiger partial charge < -0.3 is 5.32 Å². The van der Waals surface area contributed by atoms with Crippen LogP contribution in [-0.4, -0.2) is 28.7 Å². The number of hydrogen-bond acceptors (Lipinski definition) is 3. The third-order valence-corrected chi connectivity index (χ3v) is 4.54. The van der Waals surface area contributed by atoms with Gasteiger partial charge in [0.2, 0.25) is 0 Å². The minimum Gasteiger partial charge on any atom is -0.316 e. The van der Waals surface area contributed by atoms with Crippen molar-refractivity contribution in [1.29, 1.82) is 0 Å². The zero-order chi connectivity index (χ0) is 14.0. The van der Waals surface area contributed by atoms with E-state index in [1.807, 2.05) is 18.5 Å². The highest BCUT2D eigenvalue weighted by molar-refractivity contribution is 6.32. The van der Waals surface area contributed by atoms with Crippen molar-refractivity contribution >= 4 is 17.4 Å². The molecule has 1 N–H and O–H groups in total. The second-order valence-electron chi connectivity index (χ2n) is 5.60. The summed E-state index contributed by atoms with van der Waals surface area (Å²) in [4.78, 5) is 12.6. The minimum absolute atomic E-state index is 0.260. The Bertz CT molecular complexity index is 475. The molecule has 0 saturated carbocycles. The largest absolute Gasteiger partial charge is 0.316 e. The lowest BCUT2D eigenvalue weighted by atomic mass is 9.77. The standard InChI is InChI=1S/C14H22ClN3O/c1-4-18-11(13(15)10(2)17-18)8-12(19)14(3)6-5-7-16-9-14/h16H,4-9H2,1-3H3. The normalized spacial score (nSPS) is 23.6. The van der Waals surface area contributed by atoms with Crippen molar-refractivity contribution in [2.24, 2.45) is 5.41 Å². The second-order valence-corrected chi connectivity index (χ2v) is 5.98. The number of hydrogen-bond donors (Lipinski definition) is 1. The molecule has 1 atom stereocenters. The van der Waals surface area contributed by atoms with Gasteiger partial charge in [-0.15, -0.1) is 0 Å². The van der Waals surface area contributed by atoms with Gasteiger partial charge in [-0.2, -0.15) is 5.10 Å². The molecule has 1 saturated heterocycles. The van der Waals surface area contributed by atoms with Crippen LogP contribution in [0.25, 0.3) is 0 Å². The molecule has 106 valence electrons. The summed E-state index contributed by atoms with van der Waals surface area (Å²) in [6, 6.07) is 0. The van der Waals surface area contributed by atoms with E-state index in [9.17, 15) is 4.79 Å². The molecule has 1 aliphatic rings. The maximum Gasteiger partial charge on any atom is 0.146 e. The maximum atomic E-state index is 12.6. The van der Waals surface area contributed by atoms with Crippen LogP contribution >= 0.6 is 11.6 Å². The summed E-state index contributed by atoms with van der Waals surface area (Å²) >= 11 is 6.27. The van der Waals surface area contributed by atoms with E-state index < -0.39 is 0 Å². The van der Waals surface area contributed by atoms with Crippen molar-refractivity contribution in [2.45, 2.75) is 46.6 Å². The molecule has 19 heavy (non-hydrogen) atoms. The van der Waals surface area contributed by atoms with Crippen LogP contribution in [0, 0.1) is 12.3 Å². The summed E-state index contributed by atoms with van der Waals surface area (Å²) in [6.45, 7) is 8.46. The SMILES string of the molecule is CCn1nc(C)c(Cl)c1CC(=O)C1(C)CCCNC1. The van der Waals surface area contributed by atoms with Gasteiger partial charge in [-0.05, 0) is 33.2 Å². The fraction of sp³-hybridized carbons (Fsp3) is 0.714. The molecule has 1 aromatic rings. The molecule has 0 aromatic carbocycles. The number of halogens is 1. The smallest absolute Gasteiger partial charge is 0.146 e. The van der Waals surface area contributed by atoms with E-state index in [1.54, 1.807) is 0 Å². The van der Waals surface area contributed by atoms with Crippen LogP contribution in [-0.2, 0) is 17.8 Å². The Hall–Kier alpha value is -0.870. The zero-order valence-electron chi connectivity index (χ0n) is 11.9. The van der Waals surface area contributed by atoms with Crippen LogP contribution in [0.2, 0.25) is 5.02 Å². The highest BCUT2D eigenvalue weighted by Gasteiger charge is 2.35. The Kier molecular flexibility index (Phi) is 4.31. The van der Waals surface area contributed by atoms with Gasteiger partial charge in [0.1, 0.15) is 5.78 Å². The van der Waals surface area contributed by atoms with Crippen LogP contribution in [0.5, 0.6) is 0 Å². The third kappa shape index (κ3) is 2.84. The molecule has 1 aromatic heterocycles. The Morgan fingerprint density at radius 1 is 1.58 bits per heavy atom. The predicted molar refractivity (Wildman–Crippen MR) is 76.6 cm³/mol. The summed E-state index contributed by atoms with van der Waals surface area (Å²) in [6.07, 6.45) is 2.39. The second kappa shape index (κ2) is 5.63. The molecule has 1 unspecified atom stereocenters. The van der Waals surface area contributed by atoms with Crippen LogP contribution in [0.1, 0.15) is 38.1 Å². The zero-order valence-corrected chi connectivity index (χ0v) is 12.7. The van der Waals surface area contributed by atoms with E-state index >= 15 is 0 Å². The number of piperidine rings is 1. The highest BCUT2D eigenvalue weighted by atomic mass is 35.5. The minimum atomic E-state index is -0.266. The number of aryl methyl sites for hydroxylation is 2. The van der Waals surface area contributed by atoms with E-state index in [0.717, 1.165) is 43.9 Å². The summed E-state index contributed by atoms with van der Waals surface area (Å²) in [5.41, 5.74) is 1.40. The summed E-state index contributed by atoms with van der Waals surface area (Å²) in [5, 5.41) is 8.32. The first-order chi connectivity index (χ1) is 8.98. The predicted octanol–water partition coefficient (Wildman–Crippen LogP) is 2.37. The number of Topliss-reactive ketones (excluding diaryl/α,β-unsaturated/α-hetero) is 1.